The van der Waals surface area contributed by atoms with Crippen LogP contribution in [0.4, 0.5) is 0 Å². The summed E-state index contributed by atoms with van der Waals surface area (Å²) in [5.41, 5.74) is 6.91. The zero-order chi connectivity index (χ0) is 15.1. The van der Waals surface area contributed by atoms with Gasteiger partial charge < -0.3 is 10.6 Å². The molecule has 0 aromatic carbocycles. The van der Waals surface area contributed by atoms with Gasteiger partial charge >= 0.3 is 4.87 Å². The molecule has 0 spiro atoms. The summed E-state index contributed by atoms with van der Waals surface area (Å²) in [5.74, 6) is 0.00738. The van der Waals surface area contributed by atoms with Crippen LogP contribution in [0.5, 0.6) is 0 Å². The van der Waals surface area contributed by atoms with E-state index in [0.29, 0.717) is 13.1 Å². The van der Waals surface area contributed by atoms with Crippen LogP contribution < -0.4 is 10.6 Å². The van der Waals surface area contributed by atoms with Crippen molar-refractivity contribution in [2.45, 2.75) is 46.7 Å². The maximum absolute atomic E-state index is 12.4. The smallest absolute Gasteiger partial charge is 0.308 e. The molecule has 1 unspecified atom stereocenters. The number of amides is 1. The molecule has 1 aromatic rings. The number of rotatable bonds is 2. The molecule has 120 valence electrons. The zero-order valence-electron chi connectivity index (χ0n) is 13.0. The van der Waals surface area contributed by atoms with Crippen molar-refractivity contribution >= 4 is 29.7 Å². The average molecular weight is 334 g/mol. The summed E-state index contributed by atoms with van der Waals surface area (Å²) in [6, 6.07) is 0.124. The lowest BCUT2D eigenvalue weighted by molar-refractivity contribution is -0.135. The molecule has 1 atom stereocenters. The van der Waals surface area contributed by atoms with Gasteiger partial charge in [-0.05, 0) is 25.7 Å². The molecule has 21 heavy (non-hydrogen) atoms. The maximum Gasteiger partial charge on any atom is 0.308 e. The molecule has 2 heterocycles. The van der Waals surface area contributed by atoms with Gasteiger partial charge in [0.25, 0.3) is 0 Å². The lowest BCUT2D eigenvalue weighted by atomic mass is 9.79. The van der Waals surface area contributed by atoms with Crippen molar-refractivity contribution in [3.05, 3.63) is 20.2 Å². The molecular formula is C14H24ClN3O2S. The van der Waals surface area contributed by atoms with E-state index in [1.165, 1.54) is 11.3 Å². The SMILES string of the molecule is Cc1sc(=O)n(CC(=O)N2CCC(N)C(C)(C)C2)c1C.Cl. The van der Waals surface area contributed by atoms with Crippen molar-refractivity contribution < 1.29 is 4.79 Å². The normalized spacial score (nSPS) is 21.0. The molecule has 0 radical (unpaired) electrons. The molecule has 1 aliphatic rings. The fourth-order valence-corrected chi connectivity index (χ4v) is 3.42. The van der Waals surface area contributed by atoms with Gasteiger partial charge in [-0.25, -0.2) is 0 Å². The number of carbonyl (C=O) groups is 1. The number of halogens is 1. The summed E-state index contributed by atoms with van der Waals surface area (Å²) in [4.78, 5) is 27.0. The Morgan fingerprint density at radius 1 is 1.43 bits per heavy atom. The van der Waals surface area contributed by atoms with Crippen molar-refractivity contribution in [2.24, 2.45) is 11.1 Å². The van der Waals surface area contributed by atoms with Crippen molar-refractivity contribution in [1.82, 2.24) is 9.47 Å². The number of hydrogen-bond donors (Lipinski definition) is 1. The highest BCUT2D eigenvalue weighted by atomic mass is 35.5. The molecule has 1 fully saturated rings. The summed E-state index contributed by atoms with van der Waals surface area (Å²) < 4.78 is 1.57. The Morgan fingerprint density at radius 2 is 2.05 bits per heavy atom. The molecule has 1 amide bonds. The fraction of sp³-hybridized carbons (Fsp3) is 0.714. The molecule has 0 saturated carbocycles. The van der Waals surface area contributed by atoms with Crippen molar-refractivity contribution in [3.63, 3.8) is 0 Å². The van der Waals surface area contributed by atoms with E-state index in [1.54, 1.807) is 4.57 Å². The van der Waals surface area contributed by atoms with E-state index in [4.69, 9.17) is 5.73 Å². The molecule has 2 rings (SSSR count). The minimum absolute atomic E-state index is 0. The van der Waals surface area contributed by atoms with Crippen LogP contribution in [-0.4, -0.2) is 34.5 Å². The molecular weight excluding hydrogens is 310 g/mol. The quantitative estimate of drug-likeness (QED) is 0.892. The van der Waals surface area contributed by atoms with Crippen LogP contribution >= 0.6 is 23.7 Å². The van der Waals surface area contributed by atoms with E-state index in [1.807, 2.05) is 18.7 Å². The zero-order valence-corrected chi connectivity index (χ0v) is 14.6. The van der Waals surface area contributed by atoms with Gasteiger partial charge in [0.2, 0.25) is 5.91 Å². The first kappa shape index (κ1) is 18.2. The number of nitrogens with zero attached hydrogens (tertiary/aromatic N) is 2. The van der Waals surface area contributed by atoms with Gasteiger partial charge in [0, 0.05) is 29.7 Å². The Bertz CT molecular complexity index is 579. The van der Waals surface area contributed by atoms with Crippen LogP contribution in [0.25, 0.3) is 0 Å². The van der Waals surface area contributed by atoms with Gasteiger partial charge in [0.05, 0.1) is 0 Å². The highest BCUT2D eigenvalue weighted by Gasteiger charge is 2.35. The summed E-state index contributed by atoms with van der Waals surface area (Å²) in [7, 11) is 0. The van der Waals surface area contributed by atoms with Crippen LogP contribution in [0, 0.1) is 19.3 Å². The third-order valence-corrected chi connectivity index (χ3v) is 5.33. The summed E-state index contributed by atoms with van der Waals surface area (Å²) in [5, 5.41) is 0. The number of aromatic nitrogens is 1. The topological polar surface area (TPSA) is 68.3 Å². The third-order valence-electron chi connectivity index (χ3n) is 4.33. The first-order valence-electron chi connectivity index (χ1n) is 6.92. The maximum atomic E-state index is 12.4. The number of hydrogen-bond acceptors (Lipinski definition) is 4. The standard InChI is InChI=1S/C14H23N3O2S.ClH/c1-9-10(2)20-13(19)17(9)7-12(18)16-6-5-11(15)14(3,4)8-16;/h11H,5-8,15H2,1-4H3;1H. The minimum Gasteiger partial charge on any atom is -0.340 e. The number of likely N-dealkylation sites (tertiary alicyclic amines) is 1. The number of piperidine rings is 1. The number of carbonyl (C=O) groups excluding carboxylic acids is 1. The van der Waals surface area contributed by atoms with Crippen LogP contribution in [0.2, 0.25) is 0 Å². The Kier molecular flexibility index (Phi) is 5.63. The molecule has 5 nitrogen and oxygen atoms in total. The Labute approximate surface area is 135 Å². The Morgan fingerprint density at radius 3 is 2.52 bits per heavy atom. The summed E-state index contributed by atoms with van der Waals surface area (Å²) in [6.07, 6.45) is 0.815. The van der Waals surface area contributed by atoms with Crippen LogP contribution in [0.3, 0.4) is 0 Å². The molecule has 1 aliphatic heterocycles. The second-order valence-electron chi connectivity index (χ2n) is 6.29. The number of thiazole rings is 1. The minimum atomic E-state index is -0.0710. The average Bonchev–Trinajstić information content (AvgIpc) is 2.59. The molecule has 0 aliphatic carbocycles. The van der Waals surface area contributed by atoms with Crippen LogP contribution in [0.15, 0.2) is 4.79 Å². The van der Waals surface area contributed by atoms with Gasteiger partial charge in [-0.1, -0.05) is 25.2 Å². The largest absolute Gasteiger partial charge is 0.340 e. The van der Waals surface area contributed by atoms with E-state index < -0.39 is 0 Å². The van der Waals surface area contributed by atoms with Crippen LogP contribution in [-0.2, 0) is 11.3 Å². The van der Waals surface area contributed by atoms with Gasteiger partial charge in [-0.3, -0.25) is 14.2 Å². The van der Waals surface area contributed by atoms with Gasteiger partial charge in [-0.2, -0.15) is 0 Å². The molecule has 1 aromatic heterocycles. The first-order valence-corrected chi connectivity index (χ1v) is 7.74. The fourth-order valence-electron chi connectivity index (χ4n) is 2.59. The molecule has 0 bridgehead atoms. The first-order chi connectivity index (χ1) is 9.22. The van der Waals surface area contributed by atoms with Crippen LogP contribution in [0.1, 0.15) is 30.8 Å². The monoisotopic (exact) mass is 333 g/mol. The van der Waals surface area contributed by atoms with Crippen molar-refractivity contribution in [3.8, 4) is 0 Å². The van der Waals surface area contributed by atoms with E-state index in [-0.39, 0.29) is 41.2 Å². The summed E-state index contributed by atoms with van der Waals surface area (Å²) in [6.45, 7) is 9.44. The highest BCUT2D eigenvalue weighted by molar-refractivity contribution is 7.09. The van der Waals surface area contributed by atoms with Gasteiger partial charge in [0.15, 0.2) is 0 Å². The van der Waals surface area contributed by atoms with Gasteiger partial charge in [0.1, 0.15) is 6.54 Å². The predicted octanol–water partition coefficient (Wildman–Crippen LogP) is 1.53. The van der Waals surface area contributed by atoms with E-state index in [2.05, 4.69) is 13.8 Å². The Hall–Kier alpha value is -0.850. The van der Waals surface area contributed by atoms with Crippen molar-refractivity contribution in [1.29, 1.82) is 0 Å². The highest BCUT2D eigenvalue weighted by Crippen LogP contribution is 2.27. The van der Waals surface area contributed by atoms with Gasteiger partial charge in [-0.15, -0.1) is 12.4 Å². The van der Waals surface area contributed by atoms with E-state index in [0.717, 1.165) is 17.0 Å². The number of aryl methyl sites for hydroxylation is 1. The predicted molar refractivity (Wildman–Crippen MR) is 88.3 cm³/mol. The van der Waals surface area contributed by atoms with Crippen molar-refractivity contribution in [2.75, 3.05) is 13.1 Å². The Balaban J connectivity index is 0.00000220. The molecule has 7 heteroatoms. The second-order valence-corrected chi connectivity index (χ2v) is 7.46. The lowest BCUT2D eigenvalue weighted by Crippen LogP contribution is -2.54. The second kappa shape index (κ2) is 6.50. The molecule has 1 saturated heterocycles. The third kappa shape index (κ3) is 3.67. The lowest BCUT2D eigenvalue weighted by Gasteiger charge is -2.42. The summed E-state index contributed by atoms with van der Waals surface area (Å²) >= 11 is 1.20. The van der Waals surface area contributed by atoms with E-state index >= 15 is 0 Å². The number of nitrogens with two attached hydrogens (primary N) is 1. The van der Waals surface area contributed by atoms with E-state index in [9.17, 15) is 9.59 Å². The molecule has 2 N–H and O–H groups in total.